The van der Waals surface area contributed by atoms with Gasteiger partial charge in [0.05, 0.1) is 31.1 Å². The summed E-state index contributed by atoms with van der Waals surface area (Å²) in [6.07, 6.45) is 0. The summed E-state index contributed by atoms with van der Waals surface area (Å²) < 4.78 is 32.7. The van der Waals surface area contributed by atoms with Gasteiger partial charge in [-0.3, -0.25) is 9.80 Å². The van der Waals surface area contributed by atoms with Crippen LogP contribution in [0.1, 0.15) is 17.3 Å². The van der Waals surface area contributed by atoms with Crippen LogP contribution in [0.3, 0.4) is 0 Å². The summed E-state index contributed by atoms with van der Waals surface area (Å²) >= 11 is 0. The first kappa shape index (κ1) is 18.8. The summed E-state index contributed by atoms with van der Waals surface area (Å²) in [4.78, 5) is 28.0. The number of amides is 2. The molecule has 2 aromatic rings. The summed E-state index contributed by atoms with van der Waals surface area (Å²) in [7, 11) is 3.06. The monoisotopic (exact) mass is 400 g/mol. The zero-order valence-electron chi connectivity index (χ0n) is 16.0. The fourth-order valence-electron chi connectivity index (χ4n) is 3.29. The number of methoxy groups -OCH3 is 1. The van der Waals surface area contributed by atoms with Gasteiger partial charge in [0.15, 0.2) is 0 Å². The van der Waals surface area contributed by atoms with Crippen molar-refractivity contribution in [2.45, 2.75) is 13.0 Å². The van der Waals surface area contributed by atoms with Crippen molar-refractivity contribution in [3.8, 4) is 5.88 Å². The molecule has 0 saturated carbocycles. The summed E-state index contributed by atoms with van der Waals surface area (Å²) in [5.74, 6) is -0.366. The predicted octanol–water partition coefficient (Wildman–Crippen LogP) is 2.92. The molecular weight excluding hydrogens is 382 g/mol. The highest BCUT2D eigenvalue weighted by Crippen LogP contribution is 2.32. The summed E-state index contributed by atoms with van der Waals surface area (Å²) in [5.41, 5.74) is 1.63. The molecule has 0 radical (unpaired) electrons. The minimum Gasteiger partial charge on any atom is -0.481 e. The van der Waals surface area contributed by atoms with Gasteiger partial charge in [0, 0.05) is 19.2 Å². The third-order valence-electron chi connectivity index (χ3n) is 4.73. The van der Waals surface area contributed by atoms with Gasteiger partial charge in [-0.2, -0.15) is 4.99 Å². The van der Waals surface area contributed by atoms with Gasteiger partial charge in [0.2, 0.25) is 17.8 Å². The number of hydrogen-bond donors (Lipinski definition) is 1. The quantitative estimate of drug-likeness (QED) is 0.857. The van der Waals surface area contributed by atoms with Crippen LogP contribution in [0.25, 0.3) is 0 Å². The van der Waals surface area contributed by atoms with Crippen LogP contribution in [0.4, 0.5) is 19.3 Å². The van der Waals surface area contributed by atoms with Crippen molar-refractivity contribution < 1.29 is 18.3 Å². The minimum atomic E-state index is -0.684. The maximum atomic E-state index is 13.8. The van der Waals surface area contributed by atoms with E-state index in [9.17, 15) is 13.6 Å². The lowest BCUT2D eigenvalue weighted by Gasteiger charge is -2.35. The largest absolute Gasteiger partial charge is 0.481 e. The van der Waals surface area contributed by atoms with E-state index in [1.165, 1.54) is 24.1 Å². The third kappa shape index (κ3) is 3.37. The van der Waals surface area contributed by atoms with E-state index in [-0.39, 0.29) is 12.5 Å². The van der Waals surface area contributed by atoms with Crippen LogP contribution in [0.5, 0.6) is 5.88 Å². The number of rotatable bonds is 3. The Morgan fingerprint density at radius 3 is 2.59 bits per heavy atom. The van der Waals surface area contributed by atoms with E-state index in [2.05, 4.69) is 20.3 Å². The van der Waals surface area contributed by atoms with Crippen LogP contribution in [-0.2, 0) is 0 Å². The number of fused-ring (bicyclic) bond motifs is 1. The number of nitrogens with one attached hydrogen (secondary N) is 1. The molecule has 0 spiro atoms. The molecule has 8 nitrogen and oxygen atoms in total. The van der Waals surface area contributed by atoms with E-state index in [1.54, 1.807) is 31.0 Å². The Morgan fingerprint density at radius 1 is 1.21 bits per heavy atom. The molecule has 0 aliphatic carbocycles. The Balaban J connectivity index is 1.72. The number of carbonyl (C=O) groups excluding carboxylic acids is 1. The van der Waals surface area contributed by atoms with Crippen molar-refractivity contribution in [3.05, 3.63) is 53.2 Å². The Bertz CT molecular complexity index is 1030. The van der Waals surface area contributed by atoms with Gasteiger partial charge < -0.3 is 10.1 Å². The highest BCUT2D eigenvalue weighted by atomic mass is 19.1. The zero-order valence-corrected chi connectivity index (χ0v) is 16.0. The number of nitrogens with zero attached hydrogens (tertiary/aromatic N) is 5. The number of guanidine groups is 2. The topological polar surface area (TPSA) is 82.4 Å². The molecule has 2 aliphatic rings. The second-order valence-corrected chi connectivity index (χ2v) is 6.62. The van der Waals surface area contributed by atoms with E-state index in [0.717, 1.165) is 6.07 Å². The number of pyridine rings is 1. The molecule has 29 heavy (non-hydrogen) atoms. The van der Waals surface area contributed by atoms with Crippen LogP contribution in [0.15, 0.2) is 40.3 Å². The van der Waals surface area contributed by atoms with Crippen molar-refractivity contribution in [3.63, 3.8) is 0 Å². The van der Waals surface area contributed by atoms with Gasteiger partial charge in [-0.1, -0.05) is 0 Å². The number of hydrogen-bond acceptors (Lipinski definition) is 6. The lowest BCUT2D eigenvalue weighted by Crippen LogP contribution is -2.53. The molecule has 1 aromatic heterocycles. The number of aromatic nitrogens is 1. The SMILES string of the molecule is COc1ccc(NC2=NC(=O)N(C)C3=NCC(c4cc(F)cc(F)c4)N23)c(C)n1. The van der Waals surface area contributed by atoms with Gasteiger partial charge in [-0.15, -0.1) is 0 Å². The van der Waals surface area contributed by atoms with E-state index in [4.69, 9.17) is 4.74 Å². The van der Waals surface area contributed by atoms with Crippen molar-refractivity contribution >= 4 is 23.6 Å². The van der Waals surface area contributed by atoms with Crippen LogP contribution >= 0.6 is 0 Å². The first-order valence-corrected chi connectivity index (χ1v) is 8.82. The maximum absolute atomic E-state index is 13.8. The van der Waals surface area contributed by atoms with Crippen molar-refractivity contribution in [1.29, 1.82) is 0 Å². The van der Waals surface area contributed by atoms with Crippen LogP contribution < -0.4 is 10.1 Å². The lowest BCUT2D eigenvalue weighted by atomic mass is 10.1. The molecule has 1 atom stereocenters. The van der Waals surface area contributed by atoms with Crippen LogP contribution in [0.2, 0.25) is 0 Å². The second kappa shape index (κ2) is 7.12. The van der Waals surface area contributed by atoms with Gasteiger partial charge in [-0.25, -0.2) is 23.6 Å². The number of aryl methyl sites for hydroxylation is 1. The van der Waals surface area contributed by atoms with Crippen LogP contribution in [0, 0.1) is 18.6 Å². The molecule has 0 fully saturated rings. The predicted molar refractivity (Wildman–Crippen MR) is 103 cm³/mol. The second-order valence-electron chi connectivity index (χ2n) is 6.62. The Kier molecular flexibility index (Phi) is 4.61. The Hall–Kier alpha value is -3.56. The molecule has 2 amide bonds. The van der Waals surface area contributed by atoms with Gasteiger partial charge in [0.25, 0.3) is 0 Å². The van der Waals surface area contributed by atoms with Gasteiger partial charge >= 0.3 is 6.03 Å². The summed E-state index contributed by atoms with van der Waals surface area (Å²) in [6.45, 7) is 2.00. The fourth-order valence-corrected chi connectivity index (χ4v) is 3.29. The molecule has 1 aromatic carbocycles. The molecular formula is C19H18F2N6O2. The highest BCUT2D eigenvalue weighted by molar-refractivity contribution is 6.17. The number of ether oxygens (including phenoxy) is 1. The zero-order chi connectivity index (χ0) is 20.7. The maximum Gasteiger partial charge on any atom is 0.353 e. The fraction of sp³-hybridized carbons (Fsp3) is 0.263. The van der Waals surface area contributed by atoms with Crippen molar-refractivity contribution in [2.75, 3.05) is 26.0 Å². The summed E-state index contributed by atoms with van der Waals surface area (Å²) in [6, 6.07) is 5.70. The van der Waals surface area contributed by atoms with E-state index in [1.807, 2.05) is 0 Å². The first-order chi connectivity index (χ1) is 13.9. The smallest absolute Gasteiger partial charge is 0.353 e. The minimum absolute atomic E-state index is 0.203. The number of benzene rings is 1. The van der Waals surface area contributed by atoms with E-state index < -0.39 is 23.7 Å². The van der Waals surface area contributed by atoms with E-state index in [0.29, 0.717) is 28.8 Å². The first-order valence-electron chi connectivity index (χ1n) is 8.82. The standard InChI is InChI=1S/C19H18F2N6O2/c1-10-14(4-5-16(23-10)29-3)24-17-25-19(28)26(2)18-22-9-15(27(17)18)11-6-12(20)8-13(21)7-11/h4-8,15H,9H2,1-3H3,(H,24,25,28). The average Bonchev–Trinajstić information content (AvgIpc) is 3.12. The lowest BCUT2D eigenvalue weighted by molar-refractivity contribution is 0.230. The molecule has 3 heterocycles. The number of halogens is 2. The molecule has 150 valence electrons. The van der Waals surface area contributed by atoms with Gasteiger partial charge in [-0.05, 0) is 30.7 Å². The van der Waals surface area contributed by atoms with Crippen molar-refractivity contribution in [1.82, 2.24) is 14.8 Å². The van der Waals surface area contributed by atoms with Gasteiger partial charge in [0.1, 0.15) is 11.6 Å². The molecule has 4 rings (SSSR count). The summed E-state index contributed by atoms with van der Waals surface area (Å²) in [5, 5.41) is 3.09. The molecule has 1 unspecified atom stereocenters. The third-order valence-corrected chi connectivity index (χ3v) is 4.73. The number of aliphatic imine (C=N–C) groups is 2. The van der Waals surface area contributed by atoms with Crippen LogP contribution in [-0.4, -0.2) is 53.4 Å². The number of urea groups is 1. The molecule has 0 bridgehead atoms. The molecule has 1 N–H and O–H groups in total. The number of anilines is 1. The molecule has 10 heteroatoms. The van der Waals surface area contributed by atoms with Crippen molar-refractivity contribution in [2.24, 2.45) is 9.98 Å². The Labute approximate surface area is 165 Å². The molecule has 0 saturated heterocycles. The van der Waals surface area contributed by atoms with E-state index >= 15 is 0 Å². The normalized spacial score (nSPS) is 18.4. The number of carbonyl (C=O) groups is 1. The Morgan fingerprint density at radius 2 is 1.93 bits per heavy atom. The molecule has 2 aliphatic heterocycles. The average molecular weight is 400 g/mol. The highest BCUT2D eigenvalue weighted by Gasteiger charge is 2.40.